The van der Waals surface area contributed by atoms with E-state index in [1.807, 2.05) is 6.20 Å². The predicted octanol–water partition coefficient (Wildman–Crippen LogP) is 13.3. The Balaban J connectivity index is 1.42. The molecule has 0 saturated heterocycles. The average Bonchev–Trinajstić information content (AvgIpc) is 3.68. The van der Waals surface area contributed by atoms with Gasteiger partial charge in [0.1, 0.15) is 17.3 Å². The molecule has 0 N–H and O–H groups in total. The van der Waals surface area contributed by atoms with Crippen LogP contribution in [0.15, 0.2) is 103 Å². The van der Waals surface area contributed by atoms with Gasteiger partial charge in [-0.25, -0.2) is 4.98 Å². The van der Waals surface area contributed by atoms with Crippen molar-refractivity contribution in [2.75, 3.05) is 0 Å². The van der Waals surface area contributed by atoms with Crippen molar-refractivity contribution in [2.24, 2.45) is 0 Å². The van der Waals surface area contributed by atoms with Gasteiger partial charge in [0.15, 0.2) is 0 Å². The van der Waals surface area contributed by atoms with Crippen LogP contribution in [0.2, 0.25) is 0 Å². The van der Waals surface area contributed by atoms with Gasteiger partial charge in [-0.3, -0.25) is 13.7 Å². The van der Waals surface area contributed by atoms with Gasteiger partial charge in [-0.15, -0.1) is 0 Å². The van der Waals surface area contributed by atoms with Gasteiger partial charge in [0.05, 0.1) is 33.8 Å². The number of ether oxygens (including phenoxy) is 1. The molecule has 0 spiro atoms. The largest absolute Gasteiger partial charge is 0.458 e. The summed E-state index contributed by atoms with van der Waals surface area (Å²) in [7, 11) is 0. The maximum Gasteiger partial charge on any atom is 0.269 e. The number of pyridine rings is 1. The van der Waals surface area contributed by atoms with Gasteiger partial charge < -0.3 is 4.74 Å². The molecule has 0 aliphatic carbocycles. The Bertz CT molecular complexity index is 2620. The molecular weight excluding hydrogens is 697 g/mol. The molecule has 7 aromatic rings. The van der Waals surface area contributed by atoms with Crippen LogP contribution in [0, 0.1) is 6.33 Å². The van der Waals surface area contributed by atoms with Crippen LogP contribution in [0.5, 0.6) is 11.5 Å². The third kappa shape index (κ3) is 7.78. The summed E-state index contributed by atoms with van der Waals surface area (Å²) in [6, 6.07) is 35.0. The third-order valence-corrected chi connectivity index (χ3v) is 11.0. The van der Waals surface area contributed by atoms with E-state index >= 15 is 0 Å². The summed E-state index contributed by atoms with van der Waals surface area (Å²) < 4.78 is 13.8. The summed E-state index contributed by atoms with van der Waals surface area (Å²) in [5.41, 5.74) is 10.0. The second-order valence-corrected chi connectivity index (χ2v) is 21.0. The molecule has 0 amide bonds. The number of imidazole rings is 1. The summed E-state index contributed by atoms with van der Waals surface area (Å²) in [6.45, 7) is 34.2. The number of hydrogen-bond donors (Lipinski definition) is 0. The molecule has 57 heavy (non-hydrogen) atoms. The smallest absolute Gasteiger partial charge is 0.269 e. The predicted molar refractivity (Wildman–Crippen MR) is 238 cm³/mol. The number of nitrogens with zero attached hydrogens (tertiary/aromatic N) is 4. The Labute approximate surface area is 341 Å². The van der Waals surface area contributed by atoms with Crippen LogP contribution in [0.25, 0.3) is 39.0 Å². The highest BCUT2D eigenvalue weighted by Crippen LogP contribution is 2.40. The lowest BCUT2D eigenvalue weighted by Gasteiger charge is -2.30. The van der Waals surface area contributed by atoms with Crippen molar-refractivity contribution in [3.05, 3.63) is 138 Å². The van der Waals surface area contributed by atoms with Crippen molar-refractivity contribution >= 4 is 21.8 Å². The Kier molecular flexibility index (Phi) is 9.66. The van der Waals surface area contributed by atoms with E-state index < -0.39 is 0 Å². The fourth-order valence-electron chi connectivity index (χ4n) is 7.89. The van der Waals surface area contributed by atoms with Crippen LogP contribution >= 0.6 is 0 Å². The molecule has 0 aliphatic heterocycles. The number of para-hydroxylation sites is 1. The van der Waals surface area contributed by atoms with E-state index in [-0.39, 0.29) is 27.1 Å². The van der Waals surface area contributed by atoms with E-state index in [0.29, 0.717) is 0 Å². The molecule has 4 aromatic carbocycles. The molecule has 5 nitrogen and oxygen atoms in total. The minimum atomic E-state index is -0.193. The number of fused-ring (bicyclic) bond motifs is 3. The molecule has 7 rings (SSSR count). The molecule has 5 heteroatoms. The van der Waals surface area contributed by atoms with Crippen molar-refractivity contribution in [3.63, 3.8) is 0 Å². The highest BCUT2D eigenvalue weighted by molar-refractivity contribution is 6.09. The zero-order chi connectivity index (χ0) is 41.5. The van der Waals surface area contributed by atoms with Crippen LogP contribution in [0.4, 0.5) is 0 Å². The monoisotopic (exact) mass is 758 g/mol. The maximum atomic E-state index is 6.95. The van der Waals surface area contributed by atoms with Crippen LogP contribution in [-0.2, 0) is 27.1 Å². The summed E-state index contributed by atoms with van der Waals surface area (Å²) in [5.74, 6) is 2.46. The van der Waals surface area contributed by atoms with E-state index in [0.717, 1.165) is 45.1 Å². The molecule has 0 radical (unpaired) electrons. The van der Waals surface area contributed by atoms with E-state index in [4.69, 9.17) is 9.72 Å². The number of aromatic nitrogens is 4. The van der Waals surface area contributed by atoms with Crippen molar-refractivity contribution < 1.29 is 9.30 Å². The molecule has 296 valence electrons. The normalized spacial score (nSPS) is 13.2. The Morgan fingerprint density at radius 2 is 1.18 bits per heavy atom. The second-order valence-electron chi connectivity index (χ2n) is 21.0. The Morgan fingerprint density at radius 1 is 0.526 bits per heavy atom. The first kappa shape index (κ1) is 40.1. The van der Waals surface area contributed by atoms with Crippen molar-refractivity contribution in [3.8, 4) is 28.7 Å². The molecule has 0 unspecified atom stereocenters. The summed E-state index contributed by atoms with van der Waals surface area (Å²) in [6.07, 6.45) is 5.82. The Morgan fingerprint density at radius 3 is 1.82 bits per heavy atom. The topological polar surface area (TPSA) is 35.9 Å². The highest BCUT2D eigenvalue weighted by Gasteiger charge is 2.34. The van der Waals surface area contributed by atoms with Crippen LogP contribution < -0.4 is 9.30 Å². The van der Waals surface area contributed by atoms with Gasteiger partial charge >= 0.3 is 0 Å². The van der Waals surface area contributed by atoms with Gasteiger partial charge in [0.25, 0.3) is 6.33 Å². The van der Waals surface area contributed by atoms with Gasteiger partial charge in [-0.1, -0.05) is 134 Å². The first-order valence-electron chi connectivity index (χ1n) is 20.5. The van der Waals surface area contributed by atoms with Crippen LogP contribution in [-0.4, -0.2) is 14.1 Å². The standard InChI is InChI=1S/C52H62N4O/c1-48(2,3)34-19-18-20-37(27-34)54-33-55(47(52(13,14)15)46(54)51(10,11)12)38-28-36(50(7,8)9)29-40(31-38)57-39-23-24-42-41-21-16-17-22-43(41)56(44(42)32-39)45-30-35(25-26-53-45)49(4,5)6/h16-32H,1-15H3. The number of rotatable bonds is 5. The van der Waals surface area contributed by atoms with E-state index in [1.165, 1.54) is 33.5 Å². The minimum absolute atomic E-state index is 0.00607. The fourth-order valence-corrected chi connectivity index (χ4v) is 7.89. The van der Waals surface area contributed by atoms with Crippen molar-refractivity contribution in [1.82, 2.24) is 14.1 Å². The molecule has 0 saturated carbocycles. The first-order chi connectivity index (χ1) is 26.4. The van der Waals surface area contributed by atoms with E-state index in [1.54, 1.807) is 0 Å². The average molecular weight is 759 g/mol. The van der Waals surface area contributed by atoms with E-state index in [9.17, 15) is 0 Å². The lowest BCUT2D eigenvalue weighted by Crippen LogP contribution is -2.40. The fraction of sp³-hybridized carbons (Fsp3) is 0.385. The quantitative estimate of drug-likeness (QED) is 0.129. The van der Waals surface area contributed by atoms with Gasteiger partial charge in [-0.2, -0.15) is 0 Å². The summed E-state index contributed by atoms with van der Waals surface area (Å²) >= 11 is 0. The highest BCUT2D eigenvalue weighted by atomic mass is 16.5. The molecule has 0 fully saturated rings. The first-order valence-corrected chi connectivity index (χ1v) is 20.5. The molecular formula is C52H62N4O. The molecule has 3 aromatic heterocycles. The minimum Gasteiger partial charge on any atom is -0.458 e. The number of hydrogen-bond acceptors (Lipinski definition) is 2. The summed E-state index contributed by atoms with van der Waals surface area (Å²) in [5, 5.41) is 2.35. The maximum absolute atomic E-state index is 6.95. The zero-order valence-corrected chi connectivity index (χ0v) is 37.0. The van der Waals surface area contributed by atoms with Gasteiger partial charge in [0.2, 0.25) is 0 Å². The second kappa shape index (κ2) is 13.7. The lowest BCUT2D eigenvalue weighted by molar-refractivity contribution is -0.611. The molecule has 0 atom stereocenters. The van der Waals surface area contributed by atoms with Crippen LogP contribution in [0.3, 0.4) is 0 Å². The Hall–Kier alpha value is -5.16. The third-order valence-electron chi connectivity index (χ3n) is 11.0. The lowest BCUT2D eigenvalue weighted by atomic mass is 9.81. The zero-order valence-electron chi connectivity index (χ0n) is 37.0. The SMILES string of the molecule is CC(C)(C)c1cc(Oc2ccc3c4ccccc4n(-c4cc(C(C)(C)C)ccn4)c3c2)cc(-n2[c-][n+](-c3cccc(C(C)(C)C)c3)c(C(C)(C)C)c2C(C)(C)C)c1. The van der Waals surface area contributed by atoms with Crippen molar-refractivity contribution in [1.29, 1.82) is 0 Å². The van der Waals surface area contributed by atoms with Gasteiger partial charge in [-0.05, 0) is 104 Å². The van der Waals surface area contributed by atoms with Crippen LogP contribution in [0.1, 0.15) is 132 Å². The number of benzene rings is 4. The molecule has 0 aliphatic rings. The van der Waals surface area contributed by atoms with E-state index in [2.05, 4.69) is 221 Å². The van der Waals surface area contributed by atoms with Gasteiger partial charge in [0, 0.05) is 23.0 Å². The van der Waals surface area contributed by atoms with Crippen molar-refractivity contribution in [2.45, 2.75) is 131 Å². The molecule has 3 heterocycles. The summed E-state index contributed by atoms with van der Waals surface area (Å²) in [4.78, 5) is 4.90. The molecule has 0 bridgehead atoms.